The summed E-state index contributed by atoms with van der Waals surface area (Å²) < 4.78 is 0. The summed E-state index contributed by atoms with van der Waals surface area (Å²) in [5, 5.41) is 9.89. The van der Waals surface area contributed by atoms with Crippen LogP contribution in [0.4, 0.5) is 0 Å². The average molecular weight is 187 g/mol. The molecule has 1 heterocycles. The minimum absolute atomic E-state index is 0.334. The zero-order valence-electron chi connectivity index (χ0n) is 7.52. The summed E-state index contributed by atoms with van der Waals surface area (Å²) in [7, 11) is 0. The third-order valence-corrected chi connectivity index (χ3v) is 2.34. The number of hydrogen-bond donors (Lipinski definition) is 3. The first-order valence-corrected chi connectivity index (χ1v) is 4.97. The summed E-state index contributed by atoms with van der Waals surface area (Å²) in [5.74, 6) is 0. The van der Waals surface area contributed by atoms with Crippen molar-refractivity contribution in [3.8, 4) is 0 Å². The number of hydrogen-bond acceptors (Lipinski definition) is 3. The van der Waals surface area contributed by atoms with Gasteiger partial charge < -0.3 is 16.0 Å². The van der Waals surface area contributed by atoms with Crippen LogP contribution in [-0.2, 0) is 0 Å². The molecule has 0 amide bonds. The van der Waals surface area contributed by atoms with Crippen LogP contribution < -0.4 is 16.0 Å². The molecule has 1 fully saturated rings. The number of thiocarbonyl (C=S) groups is 1. The molecular formula is C8H17N3S. The van der Waals surface area contributed by atoms with Gasteiger partial charge in [0, 0.05) is 26.2 Å². The predicted molar refractivity (Wildman–Crippen MR) is 55.6 cm³/mol. The van der Waals surface area contributed by atoms with Crippen LogP contribution in [0, 0.1) is 0 Å². The van der Waals surface area contributed by atoms with E-state index in [1.807, 2.05) is 0 Å². The molecule has 0 aromatic rings. The van der Waals surface area contributed by atoms with E-state index in [2.05, 4.69) is 22.9 Å². The van der Waals surface area contributed by atoms with Gasteiger partial charge in [-0.1, -0.05) is 19.1 Å². The average Bonchev–Trinajstić information content (AvgIpc) is 2.15. The topological polar surface area (TPSA) is 36.1 Å². The highest BCUT2D eigenvalue weighted by molar-refractivity contribution is 7.80. The molecule has 0 aromatic heterocycles. The van der Waals surface area contributed by atoms with Crippen LogP contribution >= 0.6 is 12.2 Å². The van der Waals surface area contributed by atoms with E-state index in [0.29, 0.717) is 6.04 Å². The maximum absolute atomic E-state index is 5.23. The number of rotatable bonds is 3. The second kappa shape index (κ2) is 5.45. The second-order valence-electron chi connectivity index (χ2n) is 3.00. The van der Waals surface area contributed by atoms with Crippen molar-refractivity contribution in [2.24, 2.45) is 0 Å². The van der Waals surface area contributed by atoms with Gasteiger partial charge in [0.1, 0.15) is 0 Å². The molecule has 1 aliphatic rings. The highest BCUT2D eigenvalue weighted by Crippen LogP contribution is 1.89. The molecule has 1 rings (SSSR count). The Labute approximate surface area is 79.3 Å². The Morgan fingerprint density at radius 1 is 1.58 bits per heavy atom. The third kappa shape index (κ3) is 3.05. The molecule has 1 unspecified atom stereocenters. The molecule has 3 N–H and O–H groups in total. The summed E-state index contributed by atoms with van der Waals surface area (Å²) >= 11 is 5.23. The summed E-state index contributed by atoms with van der Waals surface area (Å²) in [6.45, 7) is 6.14. The summed E-state index contributed by atoms with van der Waals surface area (Å²) in [4.78, 5) is 0.948. The molecule has 0 aliphatic carbocycles. The van der Waals surface area contributed by atoms with Crippen LogP contribution in [0.5, 0.6) is 0 Å². The Kier molecular flexibility index (Phi) is 4.50. The largest absolute Gasteiger partial charge is 0.378 e. The zero-order valence-corrected chi connectivity index (χ0v) is 8.34. The van der Waals surface area contributed by atoms with Gasteiger partial charge >= 0.3 is 0 Å². The predicted octanol–water partition coefficient (Wildman–Crippen LogP) is -0.125. The lowest BCUT2D eigenvalue weighted by molar-refractivity contribution is 0.484. The van der Waals surface area contributed by atoms with E-state index in [9.17, 15) is 0 Å². The summed E-state index contributed by atoms with van der Waals surface area (Å²) in [6.07, 6.45) is 1.13. The van der Waals surface area contributed by atoms with Crippen molar-refractivity contribution in [1.29, 1.82) is 0 Å². The Hall–Kier alpha value is -0.190. The van der Waals surface area contributed by atoms with E-state index in [1.165, 1.54) is 0 Å². The lowest BCUT2D eigenvalue weighted by atomic mass is 10.2. The van der Waals surface area contributed by atoms with Crippen LogP contribution in [0.1, 0.15) is 13.3 Å². The van der Waals surface area contributed by atoms with Crippen molar-refractivity contribution >= 4 is 17.2 Å². The van der Waals surface area contributed by atoms with Crippen molar-refractivity contribution in [3.63, 3.8) is 0 Å². The van der Waals surface area contributed by atoms with E-state index in [-0.39, 0.29) is 0 Å². The maximum atomic E-state index is 5.23. The second-order valence-corrected chi connectivity index (χ2v) is 3.44. The molecule has 4 heteroatoms. The van der Waals surface area contributed by atoms with Gasteiger partial charge in [-0.3, -0.25) is 0 Å². The van der Waals surface area contributed by atoms with Crippen molar-refractivity contribution in [1.82, 2.24) is 16.0 Å². The Morgan fingerprint density at radius 2 is 2.42 bits per heavy atom. The molecule has 3 nitrogen and oxygen atoms in total. The first-order valence-electron chi connectivity index (χ1n) is 4.56. The molecule has 0 spiro atoms. The fourth-order valence-electron chi connectivity index (χ4n) is 1.21. The zero-order chi connectivity index (χ0) is 8.81. The van der Waals surface area contributed by atoms with E-state index < -0.39 is 0 Å². The van der Waals surface area contributed by atoms with Gasteiger partial charge in [-0.25, -0.2) is 0 Å². The molecule has 1 atom stereocenters. The van der Waals surface area contributed by atoms with E-state index in [0.717, 1.165) is 37.6 Å². The summed E-state index contributed by atoms with van der Waals surface area (Å²) in [5.41, 5.74) is 0. The number of piperazine rings is 1. The quantitative estimate of drug-likeness (QED) is 0.538. The molecule has 0 saturated carbocycles. The van der Waals surface area contributed by atoms with Crippen LogP contribution in [-0.4, -0.2) is 37.2 Å². The molecular weight excluding hydrogens is 170 g/mol. The summed E-state index contributed by atoms with van der Waals surface area (Å²) in [6, 6.07) is 0.334. The van der Waals surface area contributed by atoms with Gasteiger partial charge in [0.05, 0.1) is 11.0 Å². The van der Waals surface area contributed by atoms with Gasteiger partial charge in [0.15, 0.2) is 0 Å². The van der Waals surface area contributed by atoms with Crippen LogP contribution in [0.3, 0.4) is 0 Å². The molecule has 1 saturated heterocycles. The molecule has 1 aliphatic heterocycles. The standard InChI is InChI=1S/C8H17N3S/c1-2-3-11-8(12)7-6-9-4-5-10-7/h7,9-10H,2-6H2,1H3,(H,11,12). The molecule has 12 heavy (non-hydrogen) atoms. The smallest absolute Gasteiger partial charge is 0.0938 e. The van der Waals surface area contributed by atoms with E-state index in [4.69, 9.17) is 12.2 Å². The normalized spacial score (nSPS) is 23.6. The lowest BCUT2D eigenvalue weighted by Gasteiger charge is -2.25. The molecule has 0 aromatic carbocycles. The van der Waals surface area contributed by atoms with Crippen molar-refractivity contribution in [3.05, 3.63) is 0 Å². The number of nitrogens with one attached hydrogen (secondary N) is 3. The van der Waals surface area contributed by atoms with Crippen LogP contribution in [0.25, 0.3) is 0 Å². The van der Waals surface area contributed by atoms with Crippen LogP contribution in [0.2, 0.25) is 0 Å². The fourth-order valence-corrected chi connectivity index (χ4v) is 1.48. The third-order valence-electron chi connectivity index (χ3n) is 1.91. The van der Waals surface area contributed by atoms with Gasteiger partial charge in [-0.05, 0) is 6.42 Å². The fraction of sp³-hybridized carbons (Fsp3) is 0.875. The van der Waals surface area contributed by atoms with Crippen LogP contribution in [0.15, 0.2) is 0 Å². The Balaban J connectivity index is 2.20. The minimum atomic E-state index is 0.334. The molecule has 0 bridgehead atoms. The first kappa shape index (κ1) is 9.89. The Morgan fingerprint density at radius 3 is 3.00 bits per heavy atom. The minimum Gasteiger partial charge on any atom is -0.378 e. The van der Waals surface area contributed by atoms with E-state index >= 15 is 0 Å². The van der Waals surface area contributed by atoms with Gasteiger partial charge in [0.2, 0.25) is 0 Å². The molecule has 70 valence electrons. The highest BCUT2D eigenvalue weighted by Gasteiger charge is 2.15. The van der Waals surface area contributed by atoms with Crippen molar-refractivity contribution < 1.29 is 0 Å². The SMILES string of the molecule is CCCNC(=S)C1CNCCN1. The first-order chi connectivity index (χ1) is 5.84. The van der Waals surface area contributed by atoms with Gasteiger partial charge in [-0.2, -0.15) is 0 Å². The van der Waals surface area contributed by atoms with Crippen molar-refractivity contribution in [2.75, 3.05) is 26.2 Å². The maximum Gasteiger partial charge on any atom is 0.0938 e. The van der Waals surface area contributed by atoms with Gasteiger partial charge in [-0.15, -0.1) is 0 Å². The highest BCUT2D eigenvalue weighted by atomic mass is 32.1. The molecule has 0 radical (unpaired) electrons. The van der Waals surface area contributed by atoms with Crippen molar-refractivity contribution in [2.45, 2.75) is 19.4 Å². The monoisotopic (exact) mass is 187 g/mol. The lowest BCUT2D eigenvalue weighted by Crippen LogP contribution is -2.55. The van der Waals surface area contributed by atoms with Gasteiger partial charge in [0.25, 0.3) is 0 Å². The van der Waals surface area contributed by atoms with E-state index in [1.54, 1.807) is 0 Å². The Bertz CT molecular complexity index is 143.